The minimum Gasteiger partial charge on any atom is -0.496 e. The van der Waals surface area contributed by atoms with E-state index in [-0.39, 0.29) is 29.6 Å². The largest absolute Gasteiger partial charge is 0.496 e. The average Bonchev–Trinajstić information content (AvgIpc) is 2.86. The molecule has 0 fully saturated rings. The third-order valence-electron chi connectivity index (χ3n) is 5.20. The molecule has 3 aromatic rings. The van der Waals surface area contributed by atoms with Gasteiger partial charge in [0, 0.05) is 18.7 Å². The zero-order chi connectivity index (χ0) is 23.6. The fourth-order valence-corrected chi connectivity index (χ4v) is 3.31. The van der Waals surface area contributed by atoms with Crippen LogP contribution in [0, 0.1) is 0 Å². The van der Waals surface area contributed by atoms with Gasteiger partial charge >= 0.3 is 11.8 Å². The maximum Gasteiger partial charge on any atom is 0.313 e. The van der Waals surface area contributed by atoms with Gasteiger partial charge in [-0.2, -0.15) is 0 Å². The van der Waals surface area contributed by atoms with Crippen molar-refractivity contribution in [3.63, 3.8) is 0 Å². The molecule has 170 valence electrons. The van der Waals surface area contributed by atoms with E-state index in [0.29, 0.717) is 12.3 Å². The molecule has 3 amide bonds. The predicted molar refractivity (Wildman–Crippen MR) is 127 cm³/mol. The maximum atomic E-state index is 12.8. The molecule has 0 saturated heterocycles. The number of amides is 3. The smallest absolute Gasteiger partial charge is 0.313 e. The zero-order valence-electron chi connectivity index (χ0n) is 18.6. The van der Waals surface area contributed by atoms with Gasteiger partial charge in [-0.05, 0) is 29.7 Å². The van der Waals surface area contributed by atoms with Crippen molar-refractivity contribution in [3.05, 3.63) is 95.6 Å². The molecular formula is C26H27N3O4. The van der Waals surface area contributed by atoms with Gasteiger partial charge in [0.1, 0.15) is 5.75 Å². The second-order valence-corrected chi connectivity index (χ2v) is 7.52. The summed E-state index contributed by atoms with van der Waals surface area (Å²) in [7, 11) is 1.57. The van der Waals surface area contributed by atoms with E-state index in [2.05, 4.69) is 16.0 Å². The van der Waals surface area contributed by atoms with Gasteiger partial charge in [0.2, 0.25) is 0 Å². The van der Waals surface area contributed by atoms with E-state index in [0.717, 1.165) is 11.1 Å². The van der Waals surface area contributed by atoms with Crippen LogP contribution in [0.3, 0.4) is 0 Å². The monoisotopic (exact) mass is 445 g/mol. The molecule has 0 aliphatic heterocycles. The van der Waals surface area contributed by atoms with Crippen LogP contribution in [-0.2, 0) is 16.1 Å². The number of methoxy groups -OCH3 is 1. The van der Waals surface area contributed by atoms with Gasteiger partial charge in [-0.3, -0.25) is 14.4 Å². The SMILES string of the molecule is COc1ccccc1CNC(=O)c1ccccc1NC(=O)C(=O)NC[C@H](C)c1ccccc1. The van der Waals surface area contributed by atoms with Crippen LogP contribution in [0.25, 0.3) is 0 Å². The Morgan fingerprint density at radius 3 is 2.24 bits per heavy atom. The van der Waals surface area contributed by atoms with Crippen molar-refractivity contribution < 1.29 is 19.1 Å². The van der Waals surface area contributed by atoms with Crippen molar-refractivity contribution in [2.75, 3.05) is 19.0 Å². The fraction of sp³-hybridized carbons (Fsp3) is 0.192. The van der Waals surface area contributed by atoms with E-state index in [4.69, 9.17) is 4.74 Å². The number of carbonyl (C=O) groups is 3. The Kier molecular flexibility index (Phi) is 8.18. The van der Waals surface area contributed by atoms with Crippen molar-refractivity contribution in [1.29, 1.82) is 0 Å². The zero-order valence-corrected chi connectivity index (χ0v) is 18.6. The molecule has 7 nitrogen and oxygen atoms in total. The molecule has 33 heavy (non-hydrogen) atoms. The Balaban J connectivity index is 1.59. The first-order chi connectivity index (χ1) is 16.0. The number of benzene rings is 3. The molecule has 0 heterocycles. The number of hydrogen-bond donors (Lipinski definition) is 3. The lowest BCUT2D eigenvalue weighted by Crippen LogP contribution is -2.37. The Morgan fingerprint density at radius 2 is 1.48 bits per heavy atom. The van der Waals surface area contributed by atoms with Gasteiger partial charge in [-0.25, -0.2) is 0 Å². The Morgan fingerprint density at radius 1 is 0.818 bits per heavy atom. The van der Waals surface area contributed by atoms with E-state index in [1.54, 1.807) is 31.4 Å². The normalized spacial score (nSPS) is 11.2. The van der Waals surface area contributed by atoms with Crippen LogP contribution in [0.2, 0.25) is 0 Å². The van der Waals surface area contributed by atoms with Gasteiger partial charge in [0.15, 0.2) is 0 Å². The quantitative estimate of drug-likeness (QED) is 0.463. The standard InChI is InChI=1S/C26H27N3O4/c1-18(19-10-4-3-5-11-19)16-27-25(31)26(32)29-22-14-8-7-13-21(22)24(30)28-17-20-12-6-9-15-23(20)33-2/h3-15,18H,16-17H2,1-2H3,(H,27,31)(H,28,30)(H,29,32)/t18-/m0/s1. The van der Waals surface area contributed by atoms with Crippen molar-refractivity contribution in [2.45, 2.75) is 19.4 Å². The van der Waals surface area contributed by atoms with Gasteiger partial charge in [0.25, 0.3) is 5.91 Å². The fourth-order valence-electron chi connectivity index (χ4n) is 3.31. The predicted octanol–water partition coefficient (Wildman–Crippen LogP) is 3.48. The highest BCUT2D eigenvalue weighted by molar-refractivity contribution is 6.40. The van der Waals surface area contributed by atoms with Crippen LogP contribution in [-0.4, -0.2) is 31.4 Å². The summed E-state index contributed by atoms with van der Waals surface area (Å²) in [6.07, 6.45) is 0. The second-order valence-electron chi connectivity index (χ2n) is 7.52. The Labute approximate surface area is 193 Å². The van der Waals surface area contributed by atoms with Gasteiger partial charge < -0.3 is 20.7 Å². The molecule has 0 aliphatic carbocycles. The number of hydrogen-bond acceptors (Lipinski definition) is 4. The lowest BCUT2D eigenvalue weighted by Gasteiger charge is -2.14. The van der Waals surface area contributed by atoms with Crippen LogP contribution in [0.15, 0.2) is 78.9 Å². The number of carbonyl (C=O) groups excluding carboxylic acids is 3. The van der Waals surface area contributed by atoms with Crippen LogP contribution >= 0.6 is 0 Å². The molecule has 3 rings (SSSR count). The molecule has 0 spiro atoms. The van der Waals surface area contributed by atoms with Crippen LogP contribution in [0.5, 0.6) is 5.75 Å². The van der Waals surface area contributed by atoms with Crippen molar-refractivity contribution in [3.8, 4) is 5.75 Å². The number of ether oxygens (including phenoxy) is 1. The lowest BCUT2D eigenvalue weighted by molar-refractivity contribution is -0.136. The third-order valence-corrected chi connectivity index (χ3v) is 5.20. The average molecular weight is 446 g/mol. The first kappa shape index (κ1) is 23.5. The van der Waals surface area contributed by atoms with Crippen molar-refractivity contribution in [2.24, 2.45) is 0 Å². The molecule has 0 aliphatic rings. The highest BCUT2D eigenvalue weighted by Crippen LogP contribution is 2.19. The van der Waals surface area contributed by atoms with Crippen molar-refractivity contribution >= 4 is 23.4 Å². The van der Waals surface area contributed by atoms with Gasteiger partial charge in [-0.1, -0.05) is 67.6 Å². The molecular weight excluding hydrogens is 418 g/mol. The number of rotatable bonds is 8. The molecule has 3 aromatic carbocycles. The molecule has 1 atom stereocenters. The topological polar surface area (TPSA) is 96.5 Å². The molecule has 0 aromatic heterocycles. The highest BCUT2D eigenvalue weighted by Gasteiger charge is 2.19. The van der Waals surface area contributed by atoms with E-state index in [1.165, 1.54) is 0 Å². The number of nitrogens with one attached hydrogen (secondary N) is 3. The van der Waals surface area contributed by atoms with E-state index in [1.807, 2.05) is 61.5 Å². The third kappa shape index (κ3) is 6.43. The molecule has 7 heteroatoms. The highest BCUT2D eigenvalue weighted by atomic mass is 16.5. The van der Waals surface area contributed by atoms with Gasteiger partial charge in [-0.15, -0.1) is 0 Å². The molecule has 0 bridgehead atoms. The van der Waals surface area contributed by atoms with E-state index < -0.39 is 11.8 Å². The summed E-state index contributed by atoms with van der Waals surface area (Å²) in [6, 6.07) is 23.6. The maximum absolute atomic E-state index is 12.8. The Hall–Kier alpha value is -4.13. The Bertz CT molecular complexity index is 1120. The molecule has 0 radical (unpaired) electrons. The van der Waals surface area contributed by atoms with Crippen LogP contribution < -0.4 is 20.7 Å². The molecule has 0 unspecified atom stereocenters. The number of anilines is 1. The van der Waals surface area contributed by atoms with Gasteiger partial charge in [0.05, 0.1) is 18.4 Å². The summed E-state index contributed by atoms with van der Waals surface area (Å²) in [5.41, 5.74) is 2.40. The summed E-state index contributed by atoms with van der Waals surface area (Å²) >= 11 is 0. The summed E-state index contributed by atoms with van der Waals surface area (Å²) in [5, 5.41) is 8.00. The summed E-state index contributed by atoms with van der Waals surface area (Å²) in [6.45, 7) is 2.54. The lowest BCUT2D eigenvalue weighted by atomic mass is 10.0. The second kappa shape index (κ2) is 11.5. The first-order valence-electron chi connectivity index (χ1n) is 10.6. The number of para-hydroxylation sites is 2. The molecule has 3 N–H and O–H groups in total. The first-order valence-corrected chi connectivity index (χ1v) is 10.6. The summed E-state index contributed by atoms with van der Waals surface area (Å²) < 4.78 is 5.30. The molecule has 0 saturated carbocycles. The van der Waals surface area contributed by atoms with Crippen LogP contribution in [0.4, 0.5) is 5.69 Å². The van der Waals surface area contributed by atoms with E-state index in [9.17, 15) is 14.4 Å². The van der Waals surface area contributed by atoms with Crippen molar-refractivity contribution in [1.82, 2.24) is 10.6 Å². The minimum absolute atomic E-state index is 0.0518. The van der Waals surface area contributed by atoms with E-state index >= 15 is 0 Å². The summed E-state index contributed by atoms with van der Waals surface area (Å²) in [4.78, 5) is 37.5. The van der Waals surface area contributed by atoms with Crippen LogP contribution in [0.1, 0.15) is 34.3 Å². The summed E-state index contributed by atoms with van der Waals surface area (Å²) in [5.74, 6) is -1.26. The minimum atomic E-state index is -0.833.